The smallest absolute Gasteiger partial charge is 0.341 e. The van der Waals surface area contributed by atoms with Crippen LogP contribution in [0.2, 0.25) is 0 Å². The van der Waals surface area contributed by atoms with Crippen molar-refractivity contribution in [2.45, 2.75) is 51.4 Å². The lowest BCUT2D eigenvalue weighted by atomic mass is 9.66. The van der Waals surface area contributed by atoms with Crippen LogP contribution in [0, 0.1) is 0 Å². The van der Waals surface area contributed by atoms with Gasteiger partial charge in [0.15, 0.2) is 0 Å². The molecule has 4 aromatic carbocycles. The molecular formula is C38H40O6. The molecule has 0 radical (unpaired) electrons. The fourth-order valence-electron chi connectivity index (χ4n) is 6.38. The van der Waals surface area contributed by atoms with E-state index in [-0.39, 0.29) is 11.3 Å². The molecule has 4 aromatic rings. The van der Waals surface area contributed by atoms with Crippen molar-refractivity contribution >= 4 is 11.9 Å². The molecule has 0 aromatic heterocycles. The molecule has 0 N–H and O–H groups in total. The number of carbonyl (C=O) groups is 2. The summed E-state index contributed by atoms with van der Waals surface area (Å²) in [6, 6.07) is 24.6. The summed E-state index contributed by atoms with van der Waals surface area (Å²) in [7, 11) is 5.80. The van der Waals surface area contributed by atoms with Crippen molar-refractivity contribution in [2.24, 2.45) is 0 Å². The van der Waals surface area contributed by atoms with Crippen LogP contribution in [-0.4, -0.2) is 40.4 Å². The first-order valence-corrected chi connectivity index (χ1v) is 14.8. The second-order valence-corrected chi connectivity index (χ2v) is 12.5. The van der Waals surface area contributed by atoms with Gasteiger partial charge in [0.2, 0.25) is 0 Å². The number of hydrogen-bond acceptors (Lipinski definition) is 6. The fraction of sp³-hybridized carbons (Fsp3) is 0.316. The Morgan fingerprint density at radius 1 is 0.636 bits per heavy atom. The van der Waals surface area contributed by atoms with Crippen LogP contribution in [0.4, 0.5) is 0 Å². The van der Waals surface area contributed by atoms with Crippen molar-refractivity contribution in [2.75, 3.05) is 28.4 Å². The first-order chi connectivity index (χ1) is 20.9. The zero-order valence-corrected chi connectivity index (χ0v) is 27.0. The molecule has 0 aliphatic heterocycles. The van der Waals surface area contributed by atoms with Gasteiger partial charge in [0.25, 0.3) is 0 Å². The van der Waals surface area contributed by atoms with Gasteiger partial charge in [-0.3, -0.25) is 0 Å². The number of hydrogen-bond donors (Lipinski definition) is 0. The maximum Gasteiger partial charge on any atom is 0.341 e. The molecule has 1 aliphatic rings. The van der Waals surface area contributed by atoms with E-state index in [1.165, 1.54) is 39.6 Å². The van der Waals surface area contributed by atoms with Crippen molar-refractivity contribution in [1.29, 1.82) is 0 Å². The number of carbonyl (C=O) groups excluding carboxylic acids is 2. The number of methoxy groups -OCH3 is 4. The molecule has 0 bridgehead atoms. The minimum Gasteiger partial charge on any atom is -0.496 e. The summed E-state index contributed by atoms with van der Waals surface area (Å²) in [6.07, 6.45) is 0. The quantitative estimate of drug-likeness (QED) is 0.178. The molecule has 228 valence electrons. The van der Waals surface area contributed by atoms with Crippen LogP contribution in [0.25, 0.3) is 11.1 Å². The van der Waals surface area contributed by atoms with Crippen LogP contribution in [0.1, 0.15) is 94.6 Å². The van der Waals surface area contributed by atoms with E-state index in [0.717, 1.165) is 33.4 Å². The second kappa shape index (κ2) is 11.5. The molecular weight excluding hydrogens is 552 g/mol. The van der Waals surface area contributed by atoms with Crippen LogP contribution >= 0.6 is 0 Å². The van der Waals surface area contributed by atoms with Gasteiger partial charge in [-0.25, -0.2) is 9.59 Å². The van der Waals surface area contributed by atoms with E-state index in [1.54, 1.807) is 0 Å². The second-order valence-electron chi connectivity index (χ2n) is 12.5. The summed E-state index contributed by atoms with van der Waals surface area (Å²) in [4.78, 5) is 26.2. The third kappa shape index (κ3) is 4.83. The highest BCUT2D eigenvalue weighted by atomic mass is 16.5. The Labute approximate surface area is 259 Å². The molecule has 0 atom stereocenters. The SMILES string of the molecule is COC(=O)c1cc(C2(c3ccc(OC)c(C(=O)OC)c3)c3cc(C(C)C)ccc3-c3ccc(C(C)(C)C)cc32)ccc1OC. The monoisotopic (exact) mass is 592 g/mol. The van der Waals surface area contributed by atoms with Gasteiger partial charge in [-0.2, -0.15) is 0 Å². The molecule has 0 amide bonds. The number of esters is 2. The van der Waals surface area contributed by atoms with E-state index >= 15 is 0 Å². The Morgan fingerprint density at radius 2 is 1.11 bits per heavy atom. The van der Waals surface area contributed by atoms with Crippen molar-refractivity contribution in [3.05, 3.63) is 117 Å². The van der Waals surface area contributed by atoms with Crippen LogP contribution in [0.5, 0.6) is 11.5 Å². The van der Waals surface area contributed by atoms with E-state index in [0.29, 0.717) is 22.6 Å². The van der Waals surface area contributed by atoms with Gasteiger partial charge in [-0.05, 0) is 80.1 Å². The first-order valence-electron chi connectivity index (χ1n) is 14.8. The van der Waals surface area contributed by atoms with Crippen molar-refractivity contribution in [3.63, 3.8) is 0 Å². The van der Waals surface area contributed by atoms with Crippen LogP contribution in [-0.2, 0) is 20.3 Å². The third-order valence-corrected chi connectivity index (χ3v) is 8.77. The van der Waals surface area contributed by atoms with Gasteiger partial charge in [0.05, 0.1) is 33.9 Å². The van der Waals surface area contributed by atoms with E-state index in [9.17, 15) is 9.59 Å². The average Bonchev–Trinajstić information content (AvgIpc) is 3.32. The Morgan fingerprint density at radius 3 is 1.55 bits per heavy atom. The van der Waals surface area contributed by atoms with Gasteiger partial charge in [-0.15, -0.1) is 0 Å². The highest BCUT2D eigenvalue weighted by molar-refractivity contribution is 5.95. The first kappa shape index (κ1) is 30.9. The number of fused-ring (bicyclic) bond motifs is 3. The van der Waals surface area contributed by atoms with Gasteiger partial charge >= 0.3 is 11.9 Å². The standard InChI is InChI=1S/C38H40O6/c1-22(2)23-10-14-27-28-15-11-24(37(3,4)5)21-32(28)38(31(27)18-23,25-12-16-33(41-6)29(19-25)35(39)43-8)26-13-17-34(42-7)30(20-26)36(40)44-9/h10-22H,1-9H3. The third-order valence-electron chi connectivity index (χ3n) is 8.77. The predicted molar refractivity (Wildman–Crippen MR) is 172 cm³/mol. The topological polar surface area (TPSA) is 71.1 Å². The molecule has 6 nitrogen and oxygen atoms in total. The lowest BCUT2D eigenvalue weighted by Crippen LogP contribution is -2.30. The summed E-state index contributed by atoms with van der Waals surface area (Å²) in [5.74, 6) is 0.107. The lowest BCUT2D eigenvalue weighted by Gasteiger charge is -2.36. The van der Waals surface area contributed by atoms with Gasteiger partial charge < -0.3 is 18.9 Å². The zero-order valence-electron chi connectivity index (χ0n) is 27.0. The van der Waals surface area contributed by atoms with Gasteiger partial charge in [0, 0.05) is 0 Å². The molecule has 0 saturated carbocycles. The highest BCUT2D eigenvalue weighted by Crippen LogP contribution is 2.58. The number of rotatable bonds is 7. The van der Waals surface area contributed by atoms with Crippen molar-refractivity contribution < 1.29 is 28.5 Å². The highest BCUT2D eigenvalue weighted by Gasteiger charge is 2.48. The maximum absolute atomic E-state index is 13.1. The van der Waals surface area contributed by atoms with E-state index < -0.39 is 17.4 Å². The Bertz CT molecular complexity index is 1690. The Kier molecular flexibility index (Phi) is 8.06. The van der Waals surface area contributed by atoms with Crippen LogP contribution in [0.3, 0.4) is 0 Å². The zero-order chi connectivity index (χ0) is 32.0. The normalized spacial score (nSPS) is 13.2. The summed E-state index contributed by atoms with van der Waals surface area (Å²) < 4.78 is 21.6. The number of ether oxygens (including phenoxy) is 4. The Hall–Kier alpha value is -4.58. The summed E-state index contributed by atoms with van der Waals surface area (Å²) in [5.41, 5.74) is 7.92. The summed E-state index contributed by atoms with van der Waals surface area (Å²) in [5, 5.41) is 0. The largest absolute Gasteiger partial charge is 0.496 e. The average molecular weight is 593 g/mol. The summed E-state index contributed by atoms with van der Waals surface area (Å²) in [6.45, 7) is 10.9. The van der Waals surface area contributed by atoms with E-state index in [1.807, 2.05) is 36.4 Å². The minimum atomic E-state index is -0.916. The van der Waals surface area contributed by atoms with Gasteiger partial charge in [0.1, 0.15) is 22.6 Å². The predicted octanol–water partition coefficient (Wildman–Crippen LogP) is 8.06. The fourth-order valence-corrected chi connectivity index (χ4v) is 6.38. The molecule has 0 saturated heterocycles. The molecule has 44 heavy (non-hydrogen) atoms. The molecule has 6 heteroatoms. The van der Waals surface area contributed by atoms with Crippen molar-refractivity contribution in [3.8, 4) is 22.6 Å². The van der Waals surface area contributed by atoms with Crippen molar-refractivity contribution in [1.82, 2.24) is 0 Å². The lowest BCUT2D eigenvalue weighted by molar-refractivity contribution is 0.0588. The summed E-state index contributed by atoms with van der Waals surface area (Å²) >= 11 is 0. The number of benzene rings is 4. The Balaban J connectivity index is 2.02. The molecule has 5 rings (SSSR count). The molecule has 0 fully saturated rings. The maximum atomic E-state index is 13.1. The van der Waals surface area contributed by atoms with E-state index in [2.05, 4.69) is 71.0 Å². The molecule has 1 aliphatic carbocycles. The van der Waals surface area contributed by atoms with E-state index in [4.69, 9.17) is 18.9 Å². The molecule has 0 heterocycles. The van der Waals surface area contributed by atoms with Gasteiger partial charge in [-0.1, -0.05) is 83.1 Å². The molecule has 0 spiro atoms. The minimum absolute atomic E-state index is 0.132. The van der Waals surface area contributed by atoms with Crippen LogP contribution < -0.4 is 9.47 Å². The van der Waals surface area contributed by atoms with Crippen LogP contribution in [0.15, 0.2) is 72.8 Å². The molecule has 0 unspecified atom stereocenters.